The number of phosphoric acid groups is 1. The van der Waals surface area contributed by atoms with Gasteiger partial charge in [-0.15, -0.1) is 0 Å². The second-order valence-corrected chi connectivity index (χ2v) is 9.42. The van der Waals surface area contributed by atoms with Crippen LogP contribution in [0.5, 0.6) is 0 Å². The minimum Gasteiger partial charge on any atom is -0.303 e. The Morgan fingerprint density at radius 1 is 1.08 bits per heavy atom. The lowest BCUT2D eigenvalue weighted by atomic mass is 9.48. The minimum atomic E-state index is -4.21. The van der Waals surface area contributed by atoms with E-state index in [1.54, 1.807) is 0 Å². The van der Waals surface area contributed by atoms with Crippen molar-refractivity contribution < 1.29 is 28.7 Å². The third-order valence-electron chi connectivity index (χ3n) is 6.18. The van der Waals surface area contributed by atoms with E-state index in [1.165, 1.54) is 38.5 Å². The molecule has 1 heterocycles. The van der Waals surface area contributed by atoms with Gasteiger partial charge in [0.2, 0.25) is 0 Å². The number of unbranched alkanes of at least 4 members (excludes halogenated alkanes) is 2. The first-order valence-corrected chi connectivity index (χ1v) is 10.9. The molecule has 6 nitrogen and oxygen atoms in total. The highest BCUT2D eigenvalue weighted by Crippen LogP contribution is 2.62. The predicted octanol–water partition coefficient (Wildman–Crippen LogP) is 3.82. The molecule has 0 radical (unpaired) electrons. The Bertz CT molecular complexity index is 423. The number of phosphoric ester groups is 1. The Morgan fingerprint density at radius 3 is 2.00 bits per heavy atom. The molecule has 0 aromatic rings. The first kappa shape index (κ1) is 18.8. The van der Waals surface area contributed by atoms with Gasteiger partial charge in [-0.2, -0.15) is 0 Å². The van der Waals surface area contributed by atoms with Crippen LogP contribution in [0.25, 0.3) is 0 Å². The van der Waals surface area contributed by atoms with Gasteiger partial charge in [0.25, 0.3) is 0 Å². The summed E-state index contributed by atoms with van der Waals surface area (Å²) < 4.78 is 14.3. The zero-order valence-electron chi connectivity index (χ0n) is 14.6. The van der Waals surface area contributed by atoms with Crippen molar-refractivity contribution in [1.82, 2.24) is 0 Å². The standard InChI is InChI=1S/C12H18O2.C5H13O4P/c1-8-2-10-3-9(1)5-12(4-8,6-10)11-7-13-14-11;1-2-3-4-5-9-10(6,7)8/h8-11H,1-7H2;2-5H2,1H3,(H2,6,7,8). The van der Waals surface area contributed by atoms with E-state index in [2.05, 4.69) is 4.52 Å². The van der Waals surface area contributed by atoms with Gasteiger partial charge >= 0.3 is 7.82 Å². The third kappa shape index (κ3) is 4.60. The summed E-state index contributed by atoms with van der Waals surface area (Å²) in [6.45, 7) is 3.03. The highest BCUT2D eigenvalue weighted by molar-refractivity contribution is 7.46. The van der Waals surface area contributed by atoms with Crippen molar-refractivity contribution >= 4 is 7.82 Å². The Kier molecular flexibility index (Phi) is 6.06. The molecule has 4 aliphatic carbocycles. The summed E-state index contributed by atoms with van der Waals surface area (Å²) in [5, 5.41) is 0. The Labute approximate surface area is 144 Å². The molecular formula is C17H31O6P. The van der Waals surface area contributed by atoms with Crippen LogP contribution in [0.4, 0.5) is 0 Å². The van der Waals surface area contributed by atoms with Gasteiger partial charge in [0.15, 0.2) is 0 Å². The lowest BCUT2D eigenvalue weighted by Gasteiger charge is -2.59. The molecule has 0 amide bonds. The number of hydrogen-bond donors (Lipinski definition) is 2. The Hall–Kier alpha value is 0.0300. The molecule has 4 saturated carbocycles. The van der Waals surface area contributed by atoms with E-state index in [1.807, 2.05) is 6.92 Å². The second kappa shape index (κ2) is 7.73. The Morgan fingerprint density at radius 2 is 1.62 bits per heavy atom. The van der Waals surface area contributed by atoms with Crippen LogP contribution in [0.1, 0.15) is 64.7 Å². The molecular weight excluding hydrogens is 331 g/mol. The fourth-order valence-corrected chi connectivity index (χ4v) is 5.89. The molecule has 24 heavy (non-hydrogen) atoms. The van der Waals surface area contributed by atoms with Crippen molar-refractivity contribution in [3.63, 3.8) is 0 Å². The quantitative estimate of drug-likeness (QED) is 0.424. The highest BCUT2D eigenvalue weighted by atomic mass is 31.2. The molecule has 4 bridgehead atoms. The van der Waals surface area contributed by atoms with Gasteiger partial charge in [0, 0.05) is 5.41 Å². The van der Waals surface area contributed by atoms with Crippen molar-refractivity contribution in [1.29, 1.82) is 0 Å². The monoisotopic (exact) mass is 362 g/mol. The summed E-state index contributed by atoms with van der Waals surface area (Å²) in [4.78, 5) is 26.7. The molecule has 0 aromatic carbocycles. The van der Waals surface area contributed by atoms with Crippen LogP contribution in [0.15, 0.2) is 0 Å². The van der Waals surface area contributed by atoms with Gasteiger partial charge in [-0.25, -0.2) is 14.3 Å². The maximum atomic E-state index is 10.1. The van der Waals surface area contributed by atoms with E-state index in [4.69, 9.17) is 19.6 Å². The van der Waals surface area contributed by atoms with Crippen molar-refractivity contribution in [2.75, 3.05) is 13.2 Å². The van der Waals surface area contributed by atoms with Crippen molar-refractivity contribution in [2.24, 2.45) is 23.2 Å². The maximum absolute atomic E-state index is 10.1. The summed E-state index contributed by atoms with van der Waals surface area (Å²) in [7, 11) is -4.21. The maximum Gasteiger partial charge on any atom is 0.469 e. The Balaban J connectivity index is 0.000000152. The summed E-state index contributed by atoms with van der Waals surface area (Å²) in [5.74, 6) is 3.10. The van der Waals surface area contributed by atoms with Crippen molar-refractivity contribution in [3.05, 3.63) is 0 Å². The van der Waals surface area contributed by atoms with E-state index < -0.39 is 7.82 Å². The molecule has 1 aliphatic heterocycles. The van der Waals surface area contributed by atoms with E-state index in [9.17, 15) is 4.57 Å². The fraction of sp³-hybridized carbons (Fsp3) is 1.00. The topological polar surface area (TPSA) is 85.2 Å². The number of hydrogen-bond acceptors (Lipinski definition) is 4. The zero-order valence-corrected chi connectivity index (χ0v) is 15.5. The lowest BCUT2D eigenvalue weighted by molar-refractivity contribution is -0.454. The van der Waals surface area contributed by atoms with Gasteiger partial charge in [0.1, 0.15) is 12.7 Å². The third-order valence-corrected chi connectivity index (χ3v) is 6.70. The van der Waals surface area contributed by atoms with Crippen LogP contribution < -0.4 is 0 Å². The normalized spacial score (nSPS) is 40.0. The molecule has 1 unspecified atom stereocenters. The largest absolute Gasteiger partial charge is 0.469 e. The van der Waals surface area contributed by atoms with Crippen LogP contribution in [0, 0.1) is 23.2 Å². The zero-order chi connectivity index (χ0) is 17.2. The summed E-state index contributed by atoms with van der Waals surface area (Å²) >= 11 is 0. The van der Waals surface area contributed by atoms with Crippen molar-refractivity contribution in [2.45, 2.75) is 70.8 Å². The molecule has 0 spiro atoms. The van der Waals surface area contributed by atoms with Gasteiger partial charge in [-0.1, -0.05) is 19.8 Å². The summed E-state index contributed by atoms with van der Waals surface area (Å²) in [6.07, 6.45) is 12.0. The average Bonchev–Trinajstić information content (AvgIpc) is 2.39. The van der Waals surface area contributed by atoms with E-state index in [-0.39, 0.29) is 6.61 Å². The van der Waals surface area contributed by atoms with Crippen LogP contribution >= 0.6 is 7.82 Å². The summed E-state index contributed by atoms with van der Waals surface area (Å²) in [6, 6.07) is 0. The molecule has 5 rings (SSSR count). The first-order valence-electron chi connectivity index (χ1n) is 9.38. The average molecular weight is 362 g/mol. The van der Waals surface area contributed by atoms with Gasteiger partial charge in [-0.3, -0.25) is 4.52 Å². The number of rotatable bonds is 6. The fourth-order valence-electron chi connectivity index (χ4n) is 5.52. The molecule has 5 aliphatic rings. The van der Waals surface area contributed by atoms with E-state index >= 15 is 0 Å². The molecule has 1 atom stereocenters. The molecule has 7 heteroatoms. The summed E-state index contributed by atoms with van der Waals surface area (Å²) in [5.41, 5.74) is 0.549. The highest BCUT2D eigenvalue weighted by Gasteiger charge is 2.56. The molecule has 1 saturated heterocycles. The van der Waals surface area contributed by atoms with Crippen LogP contribution in [0.3, 0.4) is 0 Å². The predicted molar refractivity (Wildman–Crippen MR) is 89.0 cm³/mol. The SMILES string of the molecule is C1C2CC3CC1CC(C1COO1)(C2)C3.CCCCCOP(=O)(O)O. The molecule has 5 fully saturated rings. The van der Waals surface area contributed by atoms with E-state index in [0.717, 1.165) is 37.2 Å². The minimum absolute atomic E-state index is 0.151. The second-order valence-electron chi connectivity index (χ2n) is 8.18. The van der Waals surface area contributed by atoms with Crippen molar-refractivity contribution in [3.8, 4) is 0 Å². The van der Waals surface area contributed by atoms with Crippen LogP contribution in [0.2, 0.25) is 0 Å². The smallest absolute Gasteiger partial charge is 0.303 e. The molecule has 140 valence electrons. The molecule has 0 aromatic heterocycles. The van der Waals surface area contributed by atoms with Crippen LogP contribution in [-0.2, 0) is 18.9 Å². The van der Waals surface area contributed by atoms with Gasteiger partial charge in [-0.05, 0) is 62.7 Å². The van der Waals surface area contributed by atoms with Crippen LogP contribution in [-0.4, -0.2) is 29.1 Å². The van der Waals surface area contributed by atoms with E-state index in [0.29, 0.717) is 17.9 Å². The van der Waals surface area contributed by atoms with Gasteiger partial charge in [0.05, 0.1) is 6.61 Å². The first-order chi connectivity index (χ1) is 11.4. The molecule has 2 N–H and O–H groups in total. The lowest BCUT2D eigenvalue weighted by Crippen LogP contribution is -2.56. The van der Waals surface area contributed by atoms with Gasteiger partial charge < -0.3 is 9.79 Å².